The van der Waals surface area contributed by atoms with Crippen LogP contribution in [-0.4, -0.2) is 26.6 Å². The first-order valence-corrected chi connectivity index (χ1v) is 9.65. The Morgan fingerprint density at radius 2 is 1.84 bits per heavy atom. The standard InChI is InChI=1S/C17H18ClFN2O3S/c1-11-13(18)7-6-9-15(11)20-17(22)12(2)21(25(3,23)24)16-10-5-4-8-14(16)19/h4-10,12H,1-3H3,(H,20,22)/t12-/m0/s1. The van der Waals surface area contributed by atoms with E-state index in [9.17, 15) is 17.6 Å². The van der Waals surface area contributed by atoms with Crippen LogP contribution < -0.4 is 9.62 Å². The Morgan fingerprint density at radius 3 is 2.44 bits per heavy atom. The lowest BCUT2D eigenvalue weighted by Gasteiger charge is -2.28. The number of rotatable bonds is 5. The summed E-state index contributed by atoms with van der Waals surface area (Å²) in [4.78, 5) is 12.6. The Labute approximate surface area is 151 Å². The second-order valence-corrected chi connectivity index (χ2v) is 7.85. The number of nitrogens with zero attached hydrogens (tertiary/aromatic N) is 1. The van der Waals surface area contributed by atoms with Gasteiger partial charge in [0.15, 0.2) is 0 Å². The molecule has 0 aliphatic carbocycles. The molecule has 0 aliphatic rings. The summed E-state index contributed by atoms with van der Waals surface area (Å²) in [5.74, 6) is -1.33. The van der Waals surface area contributed by atoms with Gasteiger partial charge in [0.2, 0.25) is 15.9 Å². The van der Waals surface area contributed by atoms with Gasteiger partial charge < -0.3 is 5.32 Å². The van der Waals surface area contributed by atoms with Gasteiger partial charge in [0.05, 0.1) is 11.9 Å². The average Bonchev–Trinajstić information content (AvgIpc) is 2.52. The molecule has 0 saturated heterocycles. The zero-order chi connectivity index (χ0) is 18.8. The molecule has 0 heterocycles. The highest BCUT2D eigenvalue weighted by molar-refractivity contribution is 7.92. The number of benzene rings is 2. The summed E-state index contributed by atoms with van der Waals surface area (Å²) in [5.41, 5.74) is 0.934. The minimum absolute atomic E-state index is 0.185. The molecule has 0 unspecified atom stereocenters. The molecule has 1 amide bonds. The predicted molar refractivity (Wildman–Crippen MR) is 98.0 cm³/mol. The molecule has 2 aromatic rings. The molecule has 134 valence electrons. The van der Waals surface area contributed by atoms with Crippen molar-refractivity contribution < 1.29 is 17.6 Å². The van der Waals surface area contributed by atoms with Crippen LogP contribution >= 0.6 is 11.6 Å². The van der Waals surface area contributed by atoms with Gasteiger partial charge >= 0.3 is 0 Å². The van der Waals surface area contributed by atoms with E-state index in [2.05, 4.69) is 5.32 Å². The molecule has 1 atom stereocenters. The smallest absolute Gasteiger partial charge is 0.248 e. The Balaban J connectivity index is 2.37. The van der Waals surface area contributed by atoms with Crippen molar-refractivity contribution in [2.24, 2.45) is 0 Å². The maximum absolute atomic E-state index is 14.1. The maximum Gasteiger partial charge on any atom is 0.248 e. The number of carbonyl (C=O) groups excluding carboxylic acids is 1. The Kier molecular flexibility index (Phi) is 5.69. The van der Waals surface area contributed by atoms with E-state index in [4.69, 9.17) is 11.6 Å². The van der Waals surface area contributed by atoms with Gasteiger partial charge in [-0.2, -0.15) is 0 Å². The number of hydrogen-bond donors (Lipinski definition) is 1. The third-order valence-electron chi connectivity index (χ3n) is 3.70. The number of carbonyl (C=O) groups is 1. The monoisotopic (exact) mass is 384 g/mol. The Morgan fingerprint density at radius 1 is 1.20 bits per heavy atom. The SMILES string of the molecule is Cc1c(Cl)cccc1NC(=O)[C@H](C)N(c1ccccc1F)S(C)(=O)=O. The van der Waals surface area contributed by atoms with Gasteiger partial charge in [0.1, 0.15) is 11.9 Å². The fourth-order valence-corrected chi connectivity index (χ4v) is 3.74. The normalized spacial score (nSPS) is 12.5. The van der Waals surface area contributed by atoms with Crippen molar-refractivity contribution in [3.05, 3.63) is 58.9 Å². The average molecular weight is 385 g/mol. The van der Waals surface area contributed by atoms with Crippen LogP contribution in [0.25, 0.3) is 0 Å². The zero-order valence-corrected chi connectivity index (χ0v) is 15.5. The molecule has 25 heavy (non-hydrogen) atoms. The van der Waals surface area contributed by atoms with Crippen molar-refractivity contribution >= 4 is 38.9 Å². The van der Waals surface area contributed by atoms with Crippen LogP contribution in [0.2, 0.25) is 5.02 Å². The molecule has 0 aliphatic heterocycles. The minimum Gasteiger partial charge on any atom is -0.324 e. The minimum atomic E-state index is -3.89. The van der Waals surface area contributed by atoms with Crippen molar-refractivity contribution in [1.82, 2.24) is 0 Å². The molecule has 0 aromatic heterocycles. The van der Waals surface area contributed by atoms with Gasteiger partial charge in [-0.15, -0.1) is 0 Å². The number of hydrogen-bond acceptors (Lipinski definition) is 3. The molecule has 8 heteroatoms. The molecular weight excluding hydrogens is 367 g/mol. The highest BCUT2D eigenvalue weighted by atomic mass is 35.5. The first-order chi connectivity index (χ1) is 11.6. The summed E-state index contributed by atoms with van der Waals surface area (Å²) in [5, 5.41) is 3.11. The fourth-order valence-electron chi connectivity index (χ4n) is 2.39. The van der Waals surface area contributed by atoms with E-state index in [1.165, 1.54) is 25.1 Å². The van der Waals surface area contributed by atoms with E-state index in [1.54, 1.807) is 25.1 Å². The lowest BCUT2D eigenvalue weighted by atomic mass is 10.2. The molecule has 1 N–H and O–H groups in total. The van der Waals surface area contributed by atoms with Crippen LogP contribution in [0.4, 0.5) is 15.8 Å². The number of sulfonamides is 1. The van der Waals surface area contributed by atoms with E-state index in [0.717, 1.165) is 16.6 Å². The molecule has 0 bridgehead atoms. The highest BCUT2D eigenvalue weighted by Crippen LogP contribution is 2.26. The van der Waals surface area contributed by atoms with Gasteiger partial charge in [-0.25, -0.2) is 12.8 Å². The predicted octanol–water partition coefficient (Wildman–Crippen LogP) is 3.58. The third kappa shape index (κ3) is 4.29. The van der Waals surface area contributed by atoms with Gasteiger partial charge in [-0.3, -0.25) is 9.10 Å². The highest BCUT2D eigenvalue weighted by Gasteiger charge is 2.31. The van der Waals surface area contributed by atoms with Crippen molar-refractivity contribution in [2.75, 3.05) is 15.9 Å². The van der Waals surface area contributed by atoms with E-state index in [0.29, 0.717) is 16.3 Å². The molecule has 0 fully saturated rings. The summed E-state index contributed by atoms with van der Waals surface area (Å²) in [7, 11) is -3.89. The lowest BCUT2D eigenvalue weighted by Crippen LogP contribution is -2.45. The number of nitrogens with one attached hydrogen (secondary N) is 1. The zero-order valence-electron chi connectivity index (χ0n) is 14.0. The molecule has 0 saturated carbocycles. The third-order valence-corrected chi connectivity index (χ3v) is 5.34. The molecule has 0 radical (unpaired) electrons. The van der Waals surface area contributed by atoms with E-state index >= 15 is 0 Å². The Bertz CT molecular complexity index is 903. The molecule has 2 aromatic carbocycles. The van der Waals surface area contributed by atoms with E-state index < -0.39 is 27.8 Å². The topological polar surface area (TPSA) is 66.5 Å². The first-order valence-electron chi connectivity index (χ1n) is 7.43. The van der Waals surface area contributed by atoms with Crippen LogP contribution in [0.15, 0.2) is 42.5 Å². The van der Waals surface area contributed by atoms with E-state index in [-0.39, 0.29) is 5.69 Å². The van der Waals surface area contributed by atoms with Crippen LogP contribution in [0.5, 0.6) is 0 Å². The summed E-state index contributed by atoms with van der Waals surface area (Å²) < 4.78 is 39.2. The largest absolute Gasteiger partial charge is 0.324 e. The molecule has 5 nitrogen and oxygen atoms in total. The number of amides is 1. The van der Waals surface area contributed by atoms with Crippen LogP contribution in [0.1, 0.15) is 12.5 Å². The summed E-state index contributed by atoms with van der Waals surface area (Å²) in [6.07, 6.45) is 0.924. The Hall–Kier alpha value is -2.12. The van der Waals surface area contributed by atoms with Crippen molar-refractivity contribution in [2.45, 2.75) is 19.9 Å². The molecule has 0 spiro atoms. The van der Waals surface area contributed by atoms with Gasteiger partial charge in [0.25, 0.3) is 0 Å². The van der Waals surface area contributed by atoms with Crippen LogP contribution in [0, 0.1) is 12.7 Å². The lowest BCUT2D eigenvalue weighted by molar-refractivity contribution is -0.116. The van der Waals surface area contributed by atoms with Gasteiger partial charge in [0, 0.05) is 10.7 Å². The van der Waals surface area contributed by atoms with Crippen molar-refractivity contribution in [3.63, 3.8) is 0 Å². The van der Waals surface area contributed by atoms with Crippen molar-refractivity contribution in [1.29, 1.82) is 0 Å². The summed E-state index contributed by atoms with van der Waals surface area (Å²) in [6.45, 7) is 3.12. The van der Waals surface area contributed by atoms with Gasteiger partial charge in [-0.1, -0.05) is 29.8 Å². The molecular formula is C17H18ClFN2O3S. The fraction of sp³-hybridized carbons (Fsp3) is 0.235. The van der Waals surface area contributed by atoms with E-state index in [1.807, 2.05) is 0 Å². The second kappa shape index (κ2) is 7.41. The number of anilines is 2. The summed E-state index contributed by atoms with van der Waals surface area (Å²) in [6, 6.07) is 9.23. The van der Waals surface area contributed by atoms with Crippen LogP contribution in [0.3, 0.4) is 0 Å². The molecule has 2 rings (SSSR count). The van der Waals surface area contributed by atoms with Crippen molar-refractivity contribution in [3.8, 4) is 0 Å². The number of halogens is 2. The van der Waals surface area contributed by atoms with Gasteiger partial charge in [-0.05, 0) is 43.7 Å². The quantitative estimate of drug-likeness (QED) is 0.856. The second-order valence-electron chi connectivity index (χ2n) is 5.59. The summed E-state index contributed by atoms with van der Waals surface area (Å²) >= 11 is 6.02. The van der Waals surface area contributed by atoms with Crippen LogP contribution in [-0.2, 0) is 14.8 Å². The first kappa shape index (κ1) is 19.2. The maximum atomic E-state index is 14.1. The number of para-hydroxylation sites is 1.